The van der Waals surface area contributed by atoms with Crippen molar-refractivity contribution in [1.29, 1.82) is 0 Å². The van der Waals surface area contributed by atoms with Gasteiger partial charge in [-0.15, -0.1) is 0 Å². The third-order valence-corrected chi connectivity index (χ3v) is 2.93. The second-order valence-corrected chi connectivity index (χ2v) is 4.69. The van der Waals surface area contributed by atoms with Gasteiger partial charge in [0.1, 0.15) is 6.04 Å². The van der Waals surface area contributed by atoms with Crippen molar-refractivity contribution in [2.75, 3.05) is 0 Å². The van der Waals surface area contributed by atoms with Crippen molar-refractivity contribution >= 4 is 11.7 Å². The van der Waals surface area contributed by atoms with E-state index in [0.29, 0.717) is 18.6 Å². The van der Waals surface area contributed by atoms with Crippen LogP contribution in [0.4, 0.5) is 26.3 Å². The lowest BCUT2D eigenvalue weighted by Crippen LogP contribution is -2.31. The minimum atomic E-state index is -5.08. The van der Waals surface area contributed by atoms with E-state index in [0.717, 1.165) is 5.56 Å². The molecule has 9 heteroatoms. The highest BCUT2D eigenvalue weighted by Crippen LogP contribution is 2.30. The molecule has 0 amide bonds. The molecule has 2 rings (SSSR count). The van der Waals surface area contributed by atoms with E-state index in [1.807, 2.05) is 18.2 Å². The first-order valence-corrected chi connectivity index (χ1v) is 6.50. The fraction of sp³-hybridized carbons (Fsp3) is 0.429. The van der Waals surface area contributed by atoms with Crippen molar-refractivity contribution in [3.8, 4) is 0 Å². The summed E-state index contributed by atoms with van der Waals surface area (Å²) in [6.45, 7) is 0. The number of benzene rings is 1. The summed E-state index contributed by atoms with van der Waals surface area (Å²) in [6, 6.07) is 7.56. The van der Waals surface area contributed by atoms with Crippen LogP contribution in [0.3, 0.4) is 0 Å². The van der Waals surface area contributed by atoms with E-state index in [1.54, 1.807) is 12.1 Å². The first-order chi connectivity index (χ1) is 10.5. The Bertz CT molecular complexity index is 551. The van der Waals surface area contributed by atoms with Gasteiger partial charge in [0.25, 0.3) is 0 Å². The highest BCUT2D eigenvalue weighted by molar-refractivity contribution is 6.01. The summed E-state index contributed by atoms with van der Waals surface area (Å²) >= 11 is 0. The topological polar surface area (TPSA) is 49.7 Å². The molecule has 1 aliphatic rings. The molecule has 0 radical (unpaired) electrons. The smallest absolute Gasteiger partial charge is 0.475 e. The molecule has 0 bridgehead atoms. The number of alkyl halides is 6. The Kier molecular flexibility index (Phi) is 6.17. The number of carboxylic acids is 1. The van der Waals surface area contributed by atoms with E-state index in [1.165, 1.54) is 0 Å². The maximum absolute atomic E-state index is 12.5. The number of halogens is 6. The molecule has 0 aliphatic carbocycles. The van der Waals surface area contributed by atoms with Crippen LogP contribution in [0.25, 0.3) is 0 Å². The van der Waals surface area contributed by atoms with Gasteiger partial charge in [0, 0.05) is 5.71 Å². The standard InChI is InChI=1S/C12H12F3N.C2HF3O2/c13-12(14,15)11-8-4-7-10(16-11)9-5-2-1-3-6-9;3-2(4,5)1(6)7/h1-3,5-6,11H,4,7-8H2;(H,6,7). The lowest BCUT2D eigenvalue weighted by Gasteiger charge is -2.22. The van der Waals surface area contributed by atoms with Crippen LogP contribution < -0.4 is 0 Å². The number of carboxylic acid groups (broad SMARTS) is 1. The first kappa shape index (κ1) is 19.0. The van der Waals surface area contributed by atoms with Crippen molar-refractivity contribution < 1.29 is 36.2 Å². The van der Waals surface area contributed by atoms with E-state index in [2.05, 4.69) is 4.99 Å². The minimum Gasteiger partial charge on any atom is -0.475 e. The molecule has 23 heavy (non-hydrogen) atoms. The summed E-state index contributed by atoms with van der Waals surface area (Å²) in [5.41, 5.74) is 1.38. The Balaban J connectivity index is 0.000000322. The van der Waals surface area contributed by atoms with Crippen molar-refractivity contribution in [3.05, 3.63) is 35.9 Å². The van der Waals surface area contributed by atoms with Gasteiger partial charge in [-0.1, -0.05) is 30.3 Å². The molecule has 1 heterocycles. The normalized spacial score (nSPS) is 18.5. The van der Waals surface area contributed by atoms with Gasteiger partial charge in [0.05, 0.1) is 0 Å². The molecular formula is C14H13F6NO2. The first-order valence-electron chi connectivity index (χ1n) is 6.50. The average Bonchev–Trinajstić information content (AvgIpc) is 2.47. The van der Waals surface area contributed by atoms with Gasteiger partial charge >= 0.3 is 18.3 Å². The second kappa shape index (κ2) is 7.47. The largest absolute Gasteiger partial charge is 0.490 e. The lowest BCUT2D eigenvalue weighted by atomic mass is 9.98. The molecule has 0 aromatic heterocycles. The van der Waals surface area contributed by atoms with E-state index in [9.17, 15) is 26.3 Å². The highest BCUT2D eigenvalue weighted by atomic mass is 19.4. The summed E-state index contributed by atoms with van der Waals surface area (Å²) in [7, 11) is 0. The van der Waals surface area contributed by atoms with E-state index in [-0.39, 0.29) is 6.42 Å². The molecule has 0 fully saturated rings. The number of hydrogen-bond acceptors (Lipinski definition) is 2. The molecular weight excluding hydrogens is 328 g/mol. The van der Waals surface area contributed by atoms with Crippen molar-refractivity contribution in [2.24, 2.45) is 4.99 Å². The van der Waals surface area contributed by atoms with Crippen LogP contribution in [0, 0.1) is 0 Å². The van der Waals surface area contributed by atoms with Crippen LogP contribution in [0.5, 0.6) is 0 Å². The Morgan fingerprint density at radius 2 is 1.61 bits per heavy atom. The number of hydrogen-bond donors (Lipinski definition) is 1. The molecule has 0 saturated carbocycles. The number of carbonyl (C=O) groups is 1. The Labute approximate surface area is 127 Å². The lowest BCUT2D eigenvalue weighted by molar-refractivity contribution is -0.192. The number of aliphatic carboxylic acids is 1. The summed E-state index contributed by atoms with van der Waals surface area (Å²) in [6.07, 6.45) is -7.99. The monoisotopic (exact) mass is 341 g/mol. The molecule has 1 aromatic rings. The van der Waals surface area contributed by atoms with E-state index < -0.39 is 24.4 Å². The third kappa shape index (κ3) is 6.29. The maximum Gasteiger partial charge on any atom is 0.490 e. The third-order valence-electron chi connectivity index (χ3n) is 2.93. The summed E-state index contributed by atoms with van der Waals surface area (Å²) in [4.78, 5) is 12.7. The van der Waals surface area contributed by atoms with Crippen LogP contribution in [0.15, 0.2) is 35.3 Å². The molecule has 0 saturated heterocycles. The van der Waals surface area contributed by atoms with Crippen LogP contribution >= 0.6 is 0 Å². The van der Waals surface area contributed by atoms with E-state index in [4.69, 9.17) is 9.90 Å². The minimum absolute atomic E-state index is 0.111. The molecule has 0 spiro atoms. The quantitative estimate of drug-likeness (QED) is 0.778. The van der Waals surface area contributed by atoms with Gasteiger partial charge in [0.15, 0.2) is 0 Å². The fourth-order valence-corrected chi connectivity index (χ4v) is 1.87. The number of rotatable bonds is 1. The Hall–Kier alpha value is -2.06. The zero-order valence-electron chi connectivity index (χ0n) is 11.7. The highest BCUT2D eigenvalue weighted by Gasteiger charge is 2.40. The van der Waals surface area contributed by atoms with Crippen LogP contribution in [0.1, 0.15) is 24.8 Å². The summed E-state index contributed by atoms with van der Waals surface area (Å²) < 4.78 is 69.3. The molecule has 1 aromatic carbocycles. The SMILES string of the molecule is FC(F)(F)C1CCCC(c2ccccc2)=N1.O=C(O)C(F)(F)F. The van der Waals surface area contributed by atoms with Crippen LogP contribution in [-0.2, 0) is 4.79 Å². The predicted molar refractivity (Wildman–Crippen MR) is 70.4 cm³/mol. The van der Waals surface area contributed by atoms with Gasteiger partial charge < -0.3 is 5.11 Å². The Morgan fingerprint density at radius 1 is 1.09 bits per heavy atom. The molecule has 1 unspecified atom stereocenters. The van der Waals surface area contributed by atoms with Crippen molar-refractivity contribution in [2.45, 2.75) is 37.7 Å². The van der Waals surface area contributed by atoms with Gasteiger partial charge in [-0.2, -0.15) is 26.3 Å². The second-order valence-electron chi connectivity index (χ2n) is 4.69. The Morgan fingerprint density at radius 3 is 2.04 bits per heavy atom. The van der Waals surface area contributed by atoms with Crippen molar-refractivity contribution in [3.63, 3.8) is 0 Å². The van der Waals surface area contributed by atoms with Gasteiger partial charge in [-0.3, -0.25) is 4.99 Å². The summed E-state index contributed by atoms with van der Waals surface area (Å²) in [5, 5.41) is 7.12. The van der Waals surface area contributed by atoms with Crippen LogP contribution in [0.2, 0.25) is 0 Å². The van der Waals surface area contributed by atoms with Gasteiger partial charge in [0.2, 0.25) is 0 Å². The van der Waals surface area contributed by atoms with E-state index >= 15 is 0 Å². The number of nitrogens with zero attached hydrogens (tertiary/aromatic N) is 1. The molecule has 1 atom stereocenters. The number of aliphatic imine (C=N–C) groups is 1. The predicted octanol–water partition coefficient (Wildman–Crippen LogP) is 4.22. The maximum atomic E-state index is 12.5. The van der Waals surface area contributed by atoms with Gasteiger partial charge in [-0.25, -0.2) is 4.79 Å². The molecule has 128 valence electrons. The summed E-state index contributed by atoms with van der Waals surface area (Å²) in [5.74, 6) is -2.76. The molecule has 1 N–H and O–H groups in total. The zero-order chi connectivity index (χ0) is 17.7. The molecule has 1 aliphatic heterocycles. The van der Waals surface area contributed by atoms with Gasteiger partial charge in [-0.05, 0) is 24.8 Å². The zero-order valence-corrected chi connectivity index (χ0v) is 11.7. The molecule has 3 nitrogen and oxygen atoms in total. The van der Waals surface area contributed by atoms with Crippen LogP contribution in [-0.4, -0.2) is 35.2 Å². The van der Waals surface area contributed by atoms with Crippen molar-refractivity contribution in [1.82, 2.24) is 0 Å². The fourth-order valence-electron chi connectivity index (χ4n) is 1.87. The average molecular weight is 341 g/mol.